The fourth-order valence-corrected chi connectivity index (χ4v) is 2.11. The summed E-state index contributed by atoms with van der Waals surface area (Å²) < 4.78 is 0. The van der Waals surface area contributed by atoms with Gasteiger partial charge in [-0.3, -0.25) is 0 Å². The van der Waals surface area contributed by atoms with Crippen molar-refractivity contribution in [2.75, 3.05) is 17.6 Å². The molecule has 1 aromatic heterocycles. The summed E-state index contributed by atoms with van der Waals surface area (Å²) in [5.74, 6) is 0. The van der Waals surface area contributed by atoms with E-state index in [2.05, 4.69) is 16.4 Å². The van der Waals surface area contributed by atoms with E-state index in [0.29, 0.717) is 11.3 Å². The predicted octanol–water partition coefficient (Wildman–Crippen LogP) is 2.25. The third-order valence-corrected chi connectivity index (χ3v) is 3.14. The summed E-state index contributed by atoms with van der Waals surface area (Å²) in [6, 6.07) is 7.41. The number of benzene rings is 1. The molecule has 0 aliphatic carbocycles. The number of aromatic nitrogens is 1. The number of nitrogens with one attached hydrogen (secondary N) is 1. The predicted molar refractivity (Wildman–Crippen MR) is 69.9 cm³/mol. The minimum Gasteiger partial charge on any atom is -0.399 e. The average molecular weight is 244 g/mol. The van der Waals surface area contributed by atoms with E-state index in [1.807, 2.05) is 11.4 Å². The minimum absolute atomic E-state index is 0.573. The monoisotopic (exact) mass is 244 g/mol. The number of hydrogen-bond acceptors (Lipinski definition) is 5. The first-order valence-corrected chi connectivity index (χ1v) is 6.09. The van der Waals surface area contributed by atoms with Gasteiger partial charge in [0, 0.05) is 30.2 Å². The second kappa shape index (κ2) is 5.32. The first-order valence-electron chi connectivity index (χ1n) is 5.21. The molecule has 0 saturated carbocycles. The number of nitrogens with two attached hydrogens (primary N) is 1. The van der Waals surface area contributed by atoms with E-state index in [9.17, 15) is 0 Å². The normalized spacial score (nSPS) is 9.82. The smallest absolute Gasteiger partial charge is 0.101 e. The quantitative estimate of drug-likeness (QED) is 0.809. The fourth-order valence-electron chi connectivity index (χ4n) is 1.49. The van der Waals surface area contributed by atoms with E-state index in [-0.39, 0.29) is 0 Å². The van der Waals surface area contributed by atoms with E-state index < -0.39 is 0 Å². The molecule has 2 rings (SSSR count). The Morgan fingerprint density at radius 1 is 1.47 bits per heavy atom. The van der Waals surface area contributed by atoms with Crippen molar-refractivity contribution < 1.29 is 0 Å². The highest BCUT2D eigenvalue weighted by atomic mass is 32.1. The van der Waals surface area contributed by atoms with Crippen molar-refractivity contribution in [1.29, 1.82) is 5.26 Å². The van der Waals surface area contributed by atoms with Crippen LogP contribution in [0.1, 0.15) is 10.6 Å². The maximum atomic E-state index is 8.97. The van der Waals surface area contributed by atoms with Crippen LogP contribution in [0.5, 0.6) is 0 Å². The first-order chi connectivity index (χ1) is 8.29. The SMILES string of the molecule is N#Cc1cc(N)ccc1NCCc1nccs1. The van der Waals surface area contributed by atoms with Crippen LogP contribution in [0.2, 0.25) is 0 Å². The molecule has 1 heterocycles. The summed E-state index contributed by atoms with van der Waals surface area (Å²) in [5.41, 5.74) is 7.62. The summed E-state index contributed by atoms with van der Waals surface area (Å²) in [4.78, 5) is 4.20. The van der Waals surface area contributed by atoms with Crippen molar-refractivity contribution >= 4 is 22.7 Å². The molecule has 4 nitrogen and oxygen atoms in total. The van der Waals surface area contributed by atoms with Gasteiger partial charge >= 0.3 is 0 Å². The molecule has 0 bridgehead atoms. The van der Waals surface area contributed by atoms with E-state index in [0.717, 1.165) is 23.7 Å². The Morgan fingerprint density at radius 2 is 2.35 bits per heavy atom. The number of rotatable bonds is 4. The summed E-state index contributed by atoms with van der Waals surface area (Å²) in [7, 11) is 0. The lowest BCUT2D eigenvalue weighted by atomic mass is 10.1. The highest BCUT2D eigenvalue weighted by molar-refractivity contribution is 7.09. The third kappa shape index (κ3) is 2.95. The molecule has 0 fully saturated rings. The van der Waals surface area contributed by atoms with Gasteiger partial charge in [-0.1, -0.05) is 0 Å². The van der Waals surface area contributed by atoms with Crippen LogP contribution < -0.4 is 11.1 Å². The summed E-state index contributed by atoms with van der Waals surface area (Å²) >= 11 is 1.63. The van der Waals surface area contributed by atoms with Crippen molar-refractivity contribution in [3.63, 3.8) is 0 Å². The van der Waals surface area contributed by atoms with Gasteiger partial charge in [0.25, 0.3) is 0 Å². The molecule has 0 unspecified atom stereocenters. The number of nitrogen functional groups attached to an aromatic ring is 1. The van der Waals surface area contributed by atoms with E-state index in [4.69, 9.17) is 11.0 Å². The third-order valence-electron chi connectivity index (χ3n) is 2.30. The number of thiazole rings is 1. The van der Waals surface area contributed by atoms with E-state index >= 15 is 0 Å². The van der Waals surface area contributed by atoms with Gasteiger partial charge in [0.1, 0.15) is 6.07 Å². The number of nitriles is 1. The molecule has 0 saturated heterocycles. The zero-order valence-electron chi connectivity index (χ0n) is 9.18. The first kappa shape index (κ1) is 11.4. The van der Waals surface area contributed by atoms with Gasteiger partial charge in [-0.2, -0.15) is 5.26 Å². The molecule has 86 valence electrons. The van der Waals surface area contributed by atoms with E-state index in [1.165, 1.54) is 0 Å². The van der Waals surface area contributed by atoms with Gasteiger partial charge in [0.05, 0.1) is 16.3 Å². The molecule has 5 heteroatoms. The zero-order chi connectivity index (χ0) is 12.1. The molecule has 0 atom stereocenters. The standard InChI is InChI=1S/C12H12N4S/c13-8-9-7-10(14)1-2-11(9)15-4-3-12-16-5-6-17-12/h1-2,5-7,15H,3-4,14H2. The zero-order valence-corrected chi connectivity index (χ0v) is 10.00. The van der Waals surface area contributed by atoms with Crippen LogP contribution in [-0.2, 0) is 6.42 Å². The molecule has 0 amide bonds. The Kier molecular flexibility index (Phi) is 3.58. The van der Waals surface area contributed by atoms with Gasteiger partial charge in [-0.05, 0) is 18.2 Å². The van der Waals surface area contributed by atoms with Crippen molar-refractivity contribution in [1.82, 2.24) is 4.98 Å². The maximum Gasteiger partial charge on any atom is 0.101 e. The molecule has 3 N–H and O–H groups in total. The lowest BCUT2D eigenvalue weighted by Gasteiger charge is -2.07. The van der Waals surface area contributed by atoms with Crippen LogP contribution in [0, 0.1) is 11.3 Å². The lowest BCUT2D eigenvalue weighted by molar-refractivity contribution is 0.997. The van der Waals surface area contributed by atoms with E-state index in [1.54, 1.807) is 29.7 Å². The lowest BCUT2D eigenvalue weighted by Crippen LogP contribution is -2.06. The Bertz CT molecular complexity index is 528. The van der Waals surface area contributed by atoms with Crippen LogP contribution in [0.25, 0.3) is 0 Å². The Balaban J connectivity index is 1.97. The molecule has 0 spiro atoms. The number of anilines is 2. The molecule has 0 aliphatic rings. The van der Waals surface area contributed by atoms with Crippen molar-refractivity contribution in [3.8, 4) is 6.07 Å². The van der Waals surface area contributed by atoms with Gasteiger partial charge in [0.15, 0.2) is 0 Å². The topological polar surface area (TPSA) is 74.7 Å². The van der Waals surface area contributed by atoms with Crippen molar-refractivity contribution in [3.05, 3.63) is 40.3 Å². The van der Waals surface area contributed by atoms with Crippen LogP contribution in [0.4, 0.5) is 11.4 Å². The molecule has 17 heavy (non-hydrogen) atoms. The van der Waals surface area contributed by atoms with Crippen molar-refractivity contribution in [2.24, 2.45) is 0 Å². The summed E-state index contributed by atoms with van der Waals surface area (Å²) in [6.45, 7) is 0.756. The second-order valence-electron chi connectivity index (χ2n) is 3.52. The van der Waals surface area contributed by atoms with Crippen LogP contribution in [0.3, 0.4) is 0 Å². The molecule has 0 aliphatic heterocycles. The Hall–Kier alpha value is -2.06. The largest absolute Gasteiger partial charge is 0.399 e. The summed E-state index contributed by atoms with van der Waals surface area (Å²) in [5, 5.41) is 15.2. The number of nitrogens with zero attached hydrogens (tertiary/aromatic N) is 2. The number of hydrogen-bond donors (Lipinski definition) is 2. The van der Waals surface area contributed by atoms with Crippen LogP contribution >= 0.6 is 11.3 Å². The second-order valence-corrected chi connectivity index (χ2v) is 4.50. The molecule has 2 aromatic rings. The van der Waals surface area contributed by atoms with Crippen LogP contribution in [0.15, 0.2) is 29.8 Å². The highest BCUT2D eigenvalue weighted by Gasteiger charge is 2.02. The van der Waals surface area contributed by atoms with Crippen LogP contribution in [-0.4, -0.2) is 11.5 Å². The Labute approximate surface area is 104 Å². The fraction of sp³-hybridized carbons (Fsp3) is 0.167. The van der Waals surface area contributed by atoms with Gasteiger partial charge in [-0.15, -0.1) is 11.3 Å². The minimum atomic E-state index is 0.573. The molecule has 0 radical (unpaired) electrons. The van der Waals surface area contributed by atoms with Gasteiger partial charge in [-0.25, -0.2) is 4.98 Å². The van der Waals surface area contributed by atoms with Gasteiger partial charge in [0.2, 0.25) is 0 Å². The van der Waals surface area contributed by atoms with Crippen molar-refractivity contribution in [2.45, 2.75) is 6.42 Å². The highest BCUT2D eigenvalue weighted by Crippen LogP contribution is 2.18. The van der Waals surface area contributed by atoms with Gasteiger partial charge < -0.3 is 11.1 Å². The molecular formula is C12H12N4S. The summed E-state index contributed by atoms with van der Waals surface area (Å²) in [6.07, 6.45) is 2.65. The Morgan fingerprint density at radius 3 is 3.06 bits per heavy atom. The maximum absolute atomic E-state index is 8.97. The molecule has 1 aromatic carbocycles. The molecular weight excluding hydrogens is 232 g/mol. The average Bonchev–Trinajstić information content (AvgIpc) is 2.84.